The van der Waals surface area contributed by atoms with Gasteiger partial charge in [0.05, 0.1) is 10.7 Å². The summed E-state index contributed by atoms with van der Waals surface area (Å²) >= 11 is 6.02. The smallest absolute Gasteiger partial charge is 0.242 e. The molecular weight excluding hydrogens is 398 g/mol. The van der Waals surface area contributed by atoms with E-state index in [1.165, 1.54) is 6.92 Å². The van der Waals surface area contributed by atoms with E-state index in [1.54, 1.807) is 41.2 Å². The second-order valence-corrected chi connectivity index (χ2v) is 9.10. The van der Waals surface area contributed by atoms with E-state index in [2.05, 4.69) is 10.3 Å². The van der Waals surface area contributed by atoms with Gasteiger partial charge < -0.3 is 9.88 Å². The van der Waals surface area contributed by atoms with E-state index in [0.717, 1.165) is 5.56 Å². The first-order chi connectivity index (χ1) is 13.4. The third kappa shape index (κ3) is 4.79. The molecular formula is C20H20ClN3O3S. The zero-order valence-electron chi connectivity index (χ0n) is 15.2. The molecule has 28 heavy (non-hydrogen) atoms. The van der Waals surface area contributed by atoms with Gasteiger partial charge >= 0.3 is 0 Å². The quantitative estimate of drug-likeness (QED) is 0.637. The molecule has 0 aliphatic heterocycles. The predicted molar refractivity (Wildman–Crippen MR) is 110 cm³/mol. The van der Waals surface area contributed by atoms with Crippen LogP contribution in [-0.4, -0.2) is 29.1 Å². The van der Waals surface area contributed by atoms with Crippen LogP contribution in [0.1, 0.15) is 18.3 Å². The summed E-state index contributed by atoms with van der Waals surface area (Å²) in [7, 11) is -3.77. The molecule has 1 unspecified atom stereocenters. The van der Waals surface area contributed by atoms with Crippen molar-refractivity contribution in [3.8, 4) is 0 Å². The molecule has 1 N–H and O–H groups in total. The van der Waals surface area contributed by atoms with Crippen LogP contribution in [0.5, 0.6) is 0 Å². The van der Waals surface area contributed by atoms with Crippen LogP contribution in [0.15, 0.2) is 67.0 Å². The first kappa shape index (κ1) is 20.1. The minimum absolute atomic E-state index is 0.329. The number of carbonyl (C=O) groups is 1. The summed E-state index contributed by atoms with van der Waals surface area (Å²) in [5.41, 5.74) is 1.41. The Labute approximate surface area is 169 Å². The summed E-state index contributed by atoms with van der Waals surface area (Å²) in [5, 5.41) is 1.67. The molecule has 0 radical (unpaired) electrons. The Bertz CT molecular complexity index is 1070. The number of aromatic nitrogens is 2. The highest BCUT2D eigenvalue weighted by Crippen LogP contribution is 2.21. The second kappa shape index (κ2) is 8.58. The number of benzene rings is 2. The van der Waals surface area contributed by atoms with Crippen LogP contribution in [0.4, 0.5) is 5.69 Å². The highest BCUT2D eigenvalue weighted by molar-refractivity contribution is 7.92. The van der Waals surface area contributed by atoms with E-state index in [0.29, 0.717) is 23.1 Å². The number of hydrogen-bond acceptors (Lipinski definition) is 4. The minimum atomic E-state index is -3.77. The second-order valence-electron chi connectivity index (χ2n) is 6.38. The molecule has 3 aromatic rings. The molecule has 146 valence electrons. The minimum Gasteiger partial charge on any atom is -0.330 e. The Morgan fingerprint density at radius 2 is 1.82 bits per heavy atom. The molecule has 0 spiro atoms. The van der Waals surface area contributed by atoms with Crippen molar-refractivity contribution in [3.63, 3.8) is 0 Å². The van der Waals surface area contributed by atoms with Crippen LogP contribution >= 0.6 is 11.6 Å². The summed E-state index contributed by atoms with van der Waals surface area (Å²) in [6.07, 6.45) is 3.29. The first-order valence-corrected chi connectivity index (χ1v) is 10.8. The van der Waals surface area contributed by atoms with Gasteiger partial charge in [-0.3, -0.25) is 4.79 Å². The van der Waals surface area contributed by atoms with Gasteiger partial charge in [-0.2, -0.15) is 0 Å². The molecule has 1 heterocycles. The van der Waals surface area contributed by atoms with Crippen molar-refractivity contribution in [1.82, 2.24) is 9.55 Å². The number of anilines is 1. The molecule has 0 fully saturated rings. The fourth-order valence-corrected chi connectivity index (χ4v) is 4.09. The molecule has 8 heteroatoms. The highest BCUT2D eigenvalue weighted by Gasteiger charge is 2.30. The topological polar surface area (TPSA) is 81.1 Å². The molecule has 0 bridgehead atoms. The molecule has 0 saturated heterocycles. The number of nitrogens with zero attached hydrogens (tertiary/aromatic N) is 2. The number of para-hydroxylation sites is 1. The number of nitrogens with one attached hydrogen (secondary N) is 1. The van der Waals surface area contributed by atoms with Gasteiger partial charge in [-0.05, 0) is 24.6 Å². The lowest BCUT2D eigenvalue weighted by Gasteiger charge is -2.15. The summed E-state index contributed by atoms with van der Waals surface area (Å²) in [6, 6.07) is 16.3. The number of sulfone groups is 1. The lowest BCUT2D eigenvalue weighted by molar-refractivity contribution is -0.115. The molecule has 1 atom stereocenters. The van der Waals surface area contributed by atoms with Gasteiger partial charge in [0, 0.05) is 18.9 Å². The van der Waals surface area contributed by atoms with Crippen LogP contribution < -0.4 is 5.32 Å². The summed E-state index contributed by atoms with van der Waals surface area (Å²) < 4.78 is 27.3. The van der Waals surface area contributed by atoms with Crippen molar-refractivity contribution in [3.05, 3.63) is 83.4 Å². The SMILES string of the molecule is CC(C(=O)Nc1ccccc1Cl)S(=O)(=O)Cc1nccn1Cc1ccccc1. The third-order valence-corrected chi connectivity index (χ3v) is 6.65. The number of halogens is 1. The zero-order valence-corrected chi connectivity index (χ0v) is 16.8. The van der Waals surface area contributed by atoms with Gasteiger partial charge in [0.2, 0.25) is 5.91 Å². The molecule has 1 aromatic heterocycles. The fraction of sp³-hybridized carbons (Fsp3) is 0.200. The fourth-order valence-electron chi connectivity index (χ4n) is 2.67. The van der Waals surface area contributed by atoms with Crippen molar-refractivity contribution in [2.45, 2.75) is 24.5 Å². The maximum atomic E-state index is 12.8. The summed E-state index contributed by atoms with van der Waals surface area (Å²) in [5.74, 6) is -0.570. The van der Waals surface area contributed by atoms with Crippen molar-refractivity contribution in [2.24, 2.45) is 0 Å². The Morgan fingerprint density at radius 1 is 1.14 bits per heavy atom. The van der Waals surface area contributed by atoms with E-state index in [4.69, 9.17) is 11.6 Å². The van der Waals surface area contributed by atoms with Gasteiger partial charge in [-0.25, -0.2) is 13.4 Å². The van der Waals surface area contributed by atoms with Gasteiger partial charge in [0.25, 0.3) is 0 Å². The van der Waals surface area contributed by atoms with Crippen molar-refractivity contribution in [2.75, 3.05) is 5.32 Å². The molecule has 3 rings (SSSR count). The summed E-state index contributed by atoms with van der Waals surface area (Å²) in [4.78, 5) is 16.6. The van der Waals surface area contributed by atoms with Crippen molar-refractivity contribution < 1.29 is 13.2 Å². The number of carbonyl (C=O) groups excluding carboxylic acids is 1. The van der Waals surface area contributed by atoms with Crippen LogP contribution in [-0.2, 0) is 26.9 Å². The third-order valence-electron chi connectivity index (χ3n) is 4.37. The lowest BCUT2D eigenvalue weighted by atomic mass is 10.2. The van der Waals surface area contributed by atoms with Crippen LogP contribution in [0, 0.1) is 0 Å². The van der Waals surface area contributed by atoms with Gasteiger partial charge in [0.1, 0.15) is 16.8 Å². The standard InChI is InChI=1S/C20H20ClN3O3S/c1-15(20(25)23-18-10-6-5-9-17(18)21)28(26,27)14-19-22-11-12-24(19)13-16-7-3-2-4-8-16/h2-12,15H,13-14H2,1H3,(H,23,25). The number of rotatable bonds is 7. The van der Waals surface area contributed by atoms with Crippen LogP contribution in [0.2, 0.25) is 5.02 Å². The summed E-state index contributed by atoms with van der Waals surface area (Å²) in [6.45, 7) is 1.87. The van der Waals surface area contributed by atoms with Crippen molar-refractivity contribution in [1.29, 1.82) is 0 Å². The van der Waals surface area contributed by atoms with Gasteiger partial charge in [-0.15, -0.1) is 0 Å². The van der Waals surface area contributed by atoms with Gasteiger partial charge in [-0.1, -0.05) is 54.1 Å². The number of amides is 1. The highest BCUT2D eigenvalue weighted by atomic mass is 35.5. The first-order valence-electron chi connectivity index (χ1n) is 8.68. The normalized spacial score (nSPS) is 12.5. The molecule has 2 aromatic carbocycles. The molecule has 6 nitrogen and oxygen atoms in total. The average molecular weight is 418 g/mol. The Kier molecular flexibility index (Phi) is 6.16. The predicted octanol–water partition coefficient (Wildman–Crippen LogP) is 3.53. The van der Waals surface area contributed by atoms with E-state index < -0.39 is 21.0 Å². The average Bonchev–Trinajstić information content (AvgIpc) is 3.09. The number of hydrogen-bond donors (Lipinski definition) is 1. The molecule has 0 aliphatic rings. The van der Waals surface area contributed by atoms with Crippen LogP contribution in [0.3, 0.4) is 0 Å². The van der Waals surface area contributed by atoms with E-state index in [-0.39, 0.29) is 5.75 Å². The largest absolute Gasteiger partial charge is 0.330 e. The Hall–Kier alpha value is -2.64. The van der Waals surface area contributed by atoms with E-state index >= 15 is 0 Å². The maximum absolute atomic E-state index is 12.8. The monoisotopic (exact) mass is 417 g/mol. The zero-order chi connectivity index (χ0) is 20.1. The Balaban J connectivity index is 1.72. The van der Waals surface area contributed by atoms with E-state index in [1.807, 2.05) is 30.3 Å². The van der Waals surface area contributed by atoms with Gasteiger partial charge in [0.15, 0.2) is 9.84 Å². The Morgan fingerprint density at radius 3 is 2.54 bits per heavy atom. The maximum Gasteiger partial charge on any atom is 0.242 e. The van der Waals surface area contributed by atoms with Crippen LogP contribution in [0.25, 0.3) is 0 Å². The molecule has 0 saturated carbocycles. The molecule has 1 amide bonds. The van der Waals surface area contributed by atoms with Crippen molar-refractivity contribution >= 4 is 33.0 Å². The number of imidazole rings is 1. The molecule has 0 aliphatic carbocycles. The lowest BCUT2D eigenvalue weighted by Crippen LogP contribution is -2.34. The van der Waals surface area contributed by atoms with E-state index in [9.17, 15) is 13.2 Å².